The summed E-state index contributed by atoms with van der Waals surface area (Å²) in [4.78, 5) is 25.1. The van der Waals surface area contributed by atoms with Gasteiger partial charge in [-0.05, 0) is 0 Å². The van der Waals surface area contributed by atoms with Gasteiger partial charge in [0.05, 0.1) is 18.0 Å². The molecule has 0 fully saturated rings. The maximum absolute atomic E-state index is 12.3. The van der Waals surface area contributed by atoms with Crippen molar-refractivity contribution in [2.24, 2.45) is 7.05 Å². The highest BCUT2D eigenvalue weighted by Gasteiger charge is 2.19. The minimum atomic E-state index is -0.393. The van der Waals surface area contributed by atoms with E-state index in [0.29, 0.717) is 22.4 Å². The molecule has 0 atom stereocenters. The van der Waals surface area contributed by atoms with Crippen LogP contribution in [0.4, 0.5) is 5.13 Å². The lowest BCUT2D eigenvalue weighted by molar-refractivity contribution is 0.102. The van der Waals surface area contributed by atoms with Gasteiger partial charge in [-0.1, -0.05) is 11.3 Å². The van der Waals surface area contributed by atoms with Gasteiger partial charge in [0.15, 0.2) is 16.7 Å². The Kier molecular flexibility index (Phi) is 3.88. The van der Waals surface area contributed by atoms with Crippen molar-refractivity contribution in [1.29, 1.82) is 0 Å². The fraction of sp³-hybridized carbons (Fsp3) is 0.188. The van der Waals surface area contributed by atoms with E-state index in [1.807, 2.05) is 13.2 Å². The van der Waals surface area contributed by atoms with Crippen LogP contribution in [0.15, 0.2) is 29.3 Å². The van der Waals surface area contributed by atoms with Crippen molar-refractivity contribution in [2.45, 2.75) is 6.92 Å². The van der Waals surface area contributed by atoms with Gasteiger partial charge in [-0.2, -0.15) is 5.10 Å². The molecule has 4 heterocycles. The second-order valence-corrected chi connectivity index (χ2v) is 6.49. The van der Waals surface area contributed by atoms with Crippen molar-refractivity contribution in [3.8, 4) is 17.0 Å². The molecule has 9 nitrogen and oxygen atoms in total. The first-order chi connectivity index (χ1) is 12.5. The van der Waals surface area contributed by atoms with Gasteiger partial charge in [0, 0.05) is 37.5 Å². The molecule has 0 aromatic carbocycles. The number of hydrogen-bond acceptors (Lipinski definition) is 8. The third-order valence-electron chi connectivity index (χ3n) is 3.67. The molecule has 26 heavy (non-hydrogen) atoms. The summed E-state index contributed by atoms with van der Waals surface area (Å²) in [7, 11) is 3.37. The van der Waals surface area contributed by atoms with Crippen LogP contribution in [-0.2, 0) is 7.05 Å². The Hall–Kier alpha value is -3.27. The smallest absolute Gasteiger partial charge is 0.279 e. The highest BCUT2D eigenvalue weighted by molar-refractivity contribution is 7.23. The maximum Gasteiger partial charge on any atom is 0.279 e. The Morgan fingerprint density at radius 3 is 2.85 bits per heavy atom. The summed E-state index contributed by atoms with van der Waals surface area (Å²) in [5.41, 5.74) is 2.54. The highest BCUT2D eigenvalue weighted by Crippen LogP contribution is 2.38. The van der Waals surface area contributed by atoms with Gasteiger partial charge in [0.2, 0.25) is 5.88 Å². The van der Waals surface area contributed by atoms with Crippen LogP contribution >= 0.6 is 11.3 Å². The number of carbonyl (C=O) groups is 1. The highest BCUT2D eigenvalue weighted by atomic mass is 32.1. The number of aryl methyl sites for hydroxylation is 2. The largest absolute Gasteiger partial charge is 0.479 e. The van der Waals surface area contributed by atoms with Crippen LogP contribution in [0.2, 0.25) is 0 Å². The summed E-state index contributed by atoms with van der Waals surface area (Å²) in [6.07, 6.45) is 6.66. The normalized spacial score (nSPS) is 11.0. The fourth-order valence-electron chi connectivity index (χ4n) is 2.49. The number of nitrogens with zero attached hydrogens (tertiary/aromatic N) is 5. The molecule has 0 aliphatic carbocycles. The summed E-state index contributed by atoms with van der Waals surface area (Å²) in [6.45, 7) is 1.67. The number of ether oxygens (including phenoxy) is 1. The van der Waals surface area contributed by atoms with Crippen molar-refractivity contribution in [1.82, 2.24) is 24.7 Å². The quantitative estimate of drug-likeness (QED) is 0.588. The van der Waals surface area contributed by atoms with Crippen molar-refractivity contribution in [3.05, 3.63) is 36.4 Å². The molecule has 10 heteroatoms. The molecule has 0 unspecified atom stereocenters. The number of hydrogen-bond donors (Lipinski definition) is 1. The van der Waals surface area contributed by atoms with E-state index < -0.39 is 5.91 Å². The molecule has 1 amide bonds. The molecule has 0 saturated carbocycles. The van der Waals surface area contributed by atoms with Crippen LogP contribution < -0.4 is 10.1 Å². The number of fused-ring (bicyclic) bond motifs is 1. The molecule has 0 spiro atoms. The average Bonchev–Trinajstić information content (AvgIpc) is 3.33. The summed E-state index contributed by atoms with van der Waals surface area (Å²) in [6, 6.07) is 0. The molecular formula is C16H14N6O3S. The van der Waals surface area contributed by atoms with Gasteiger partial charge in [0.25, 0.3) is 5.91 Å². The predicted molar refractivity (Wildman–Crippen MR) is 95.4 cm³/mol. The number of rotatable bonds is 4. The Labute approximate surface area is 151 Å². The Balaban J connectivity index is 1.76. The van der Waals surface area contributed by atoms with Crippen LogP contribution in [0.5, 0.6) is 5.88 Å². The van der Waals surface area contributed by atoms with E-state index in [4.69, 9.17) is 9.15 Å². The maximum atomic E-state index is 12.3. The first-order valence-electron chi connectivity index (χ1n) is 7.61. The van der Waals surface area contributed by atoms with E-state index in [-0.39, 0.29) is 5.69 Å². The number of oxazole rings is 1. The summed E-state index contributed by atoms with van der Waals surface area (Å²) >= 11 is 1.33. The van der Waals surface area contributed by atoms with E-state index in [1.165, 1.54) is 24.7 Å². The molecule has 0 saturated heterocycles. The first-order valence-corrected chi connectivity index (χ1v) is 8.43. The zero-order chi connectivity index (χ0) is 18.3. The van der Waals surface area contributed by atoms with Crippen LogP contribution in [0.25, 0.3) is 21.3 Å². The van der Waals surface area contributed by atoms with E-state index in [0.717, 1.165) is 15.8 Å². The number of methoxy groups -OCH3 is 1. The lowest BCUT2D eigenvalue weighted by atomic mass is 10.1. The number of aromatic nitrogens is 5. The standard InChI is InChI=1S/C16H14N6O3S/c1-8-19-11(7-25-8)14(23)21-16-20-12-13(26-16)10(5-17-15(12)24-3)9-4-18-22(2)6-9/h4-7H,1-3H3,(H,20,21,23). The average molecular weight is 370 g/mol. The third kappa shape index (κ3) is 2.80. The van der Waals surface area contributed by atoms with E-state index in [9.17, 15) is 4.79 Å². The molecule has 4 rings (SSSR count). The van der Waals surface area contributed by atoms with Crippen LogP contribution in [0.3, 0.4) is 0 Å². The van der Waals surface area contributed by atoms with Crippen molar-refractivity contribution in [3.63, 3.8) is 0 Å². The number of carbonyl (C=O) groups excluding carboxylic acids is 1. The zero-order valence-electron chi connectivity index (χ0n) is 14.2. The topological polar surface area (TPSA) is 108 Å². The number of pyridine rings is 1. The summed E-state index contributed by atoms with van der Waals surface area (Å²) < 4.78 is 12.9. The van der Waals surface area contributed by atoms with Gasteiger partial charge < -0.3 is 9.15 Å². The van der Waals surface area contributed by atoms with Crippen LogP contribution in [0, 0.1) is 6.92 Å². The van der Waals surface area contributed by atoms with E-state index in [2.05, 4.69) is 25.4 Å². The molecule has 4 aromatic rings. The first kappa shape index (κ1) is 16.2. The van der Waals surface area contributed by atoms with Gasteiger partial charge in [-0.3, -0.25) is 14.8 Å². The molecule has 0 aliphatic heterocycles. The predicted octanol–water partition coefficient (Wildman–Crippen LogP) is 2.65. The number of amides is 1. The number of nitrogens with one attached hydrogen (secondary N) is 1. The van der Waals surface area contributed by atoms with Gasteiger partial charge in [-0.15, -0.1) is 0 Å². The minimum absolute atomic E-state index is 0.194. The second-order valence-electron chi connectivity index (χ2n) is 5.49. The monoisotopic (exact) mass is 370 g/mol. The molecule has 0 bridgehead atoms. The van der Waals surface area contributed by atoms with Crippen LogP contribution in [-0.4, -0.2) is 37.7 Å². The van der Waals surface area contributed by atoms with E-state index in [1.54, 1.807) is 24.0 Å². The van der Waals surface area contributed by atoms with Gasteiger partial charge >= 0.3 is 0 Å². The van der Waals surface area contributed by atoms with Gasteiger partial charge in [0.1, 0.15) is 11.8 Å². The van der Waals surface area contributed by atoms with Crippen molar-refractivity contribution < 1.29 is 13.9 Å². The molecule has 0 radical (unpaired) electrons. The molecule has 4 aromatic heterocycles. The Morgan fingerprint density at radius 2 is 2.19 bits per heavy atom. The fourth-order valence-corrected chi connectivity index (χ4v) is 3.47. The summed E-state index contributed by atoms with van der Waals surface area (Å²) in [5, 5.41) is 7.35. The summed E-state index contributed by atoms with van der Waals surface area (Å²) in [5.74, 6) is 0.418. The molecular weight excluding hydrogens is 356 g/mol. The van der Waals surface area contributed by atoms with Crippen molar-refractivity contribution in [2.75, 3.05) is 12.4 Å². The Morgan fingerprint density at radius 1 is 1.35 bits per heavy atom. The second kappa shape index (κ2) is 6.23. The van der Waals surface area contributed by atoms with E-state index >= 15 is 0 Å². The Bertz CT molecular complexity index is 1110. The number of thiazole rings is 1. The van der Waals surface area contributed by atoms with Crippen molar-refractivity contribution >= 4 is 32.6 Å². The van der Waals surface area contributed by atoms with Crippen LogP contribution in [0.1, 0.15) is 16.4 Å². The van der Waals surface area contributed by atoms with Gasteiger partial charge in [-0.25, -0.2) is 15.0 Å². The molecule has 132 valence electrons. The minimum Gasteiger partial charge on any atom is -0.479 e. The SMILES string of the molecule is COc1ncc(-c2cnn(C)c2)c2sc(NC(=O)c3coc(C)n3)nc12. The third-order valence-corrected chi connectivity index (χ3v) is 4.67. The lowest BCUT2D eigenvalue weighted by Crippen LogP contribution is -2.12. The zero-order valence-corrected chi connectivity index (χ0v) is 15.0. The lowest BCUT2D eigenvalue weighted by Gasteiger charge is -2.02. The molecule has 1 N–H and O–H groups in total. The number of anilines is 1. The molecule has 0 aliphatic rings.